The maximum atomic E-state index is 4.70. The lowest BCUT2D eigenvalue weighted by Gasteiger charge is -2.39. The molecule has 5 rings (SSSR count). The molecule has 48 heavy (non-hydrogen) atoms. The molecule has 0 bridgehead atoms. The van der Waals surface area contributed by atoms with E-state index in [0.717, 1.165) is 35.4 Å². The van der Waals surface area contributed by atoms with Gasteiger partial charge >= 0.3 is 0 Å². The summed E-state index contributed by atoms with van der Waals surface area (Å²) in [5.41, 5.74) is 9.83. The zero-order valence-electron chi connectivity index (χ0n) is 30.9. The zero-order valence-corrected chi connectivity index (χ0v) is 30.9. The van der Waals surface area contributed by atoms with Crippen molar-refractivity contribution in [2.45, 2.75) is 87.1 Å². The smallest absolute Gasteiger partial charge is 0.0504 e. The predicted octanol–water partition coefficient (Wildman–Crippen LogP) is 11.7. The van der Waals surface area contributed by atoms with E-state index in [2.05, 4.69) is 169 Å². The Labute approximate surface area is 292 Å². The third-order valence-corrected chi connectivity index (χ3v) is 10.6. The van der Waals surface area contributed by atoms with Crippen LogP contribution in [0.5, 0.6) is 0 Å². The van der Waals surface area contributed by atoms with E-state index in [9.17, 15) is 0 Å². The number of hydrogen-bond donors (Lipinski definition) is 2. The molecule has 0 spiro atoms. The lowest BCUT2D eigenvalue weighted by Crippen LogP contribution is -2.35. The van der Waals surface area contributed by atoms with Crippen LogP contribution in [0.15, 0.2) is 155 Å². The van der Waals surface area contributed by atoms with Gasteiger partial charge in [0.2, 0.25) is 0 Å². The van der Waals surface area contributed by atoms with Crippen LogP contribution in [0, 0.1) is 40.9 Å². The van der Waals surface area contributed by atoms with Gasteiger partial charge in [0.25, 0.3) is 0 Å². The number of nitrogens with one attached hydrogen (secondary N) is 2. The molecule has 6 atom stereocenters. The molecule has 0 aromatic rings. The summed E-state index contributed by atoms with van der Waals surface area (Å²) in [6.07, 6.45) is 43.4. The summed E-state index contributed by atoms with van der Waals surface area (Å²) < 4.78 is 0. The van der Waals surface area contributed by atoms with E-state index in [0.29, 0.717) is 35.5 Å². The average Bonchev–Trinajstić information content (AvgIpc) is 3.03. The lowest BCUT2D eigenvalue weighted by atomic mass is 9.67. The highest BCUT2D eigenvalue weighted by Crippen LogP contribution is 2.41. The Morgan fingerprint density at radius 3 is 2.50 bits per heavy atom. The van der Waals surface area contributed by atoms with Crippen molar-refractivity contribution < 1.29 is 0 Å². The topological polar surface area (TPSA) is 24.1 Å². The van der Waals surface area contributed by atoms with E-state index in [1.165, 1.54) is 35.3 Å². The van der Waals surface area contributed by atoms with Crippen LogP contribution >= 0.6 is 0 Å². The minimum absolute atomic E-state index is 0.204. The first-order valence-corrected chi connectivity index (χ1v) is 18.4. The third kappa shape index (κ3) is 9.22. The number of rotatable bonds is 8. The van der Waals surface area contributed by atoms with E-state index in [1.807, 2.05) is 0 Å². The van der Waals surface area contributed by atoms with Crippen molar-refractivity contribution in [2.75, 3.05) is 0 Å². The van der Waals surface area contributed by atoms with Crippen LogP contribution in [0.3, 0.4) is 0 Å². The van der Waals surface area contributed by atoms with Crippen molar-refractivity contribution in [3.05, 3.63) is 155 Å². The van der Waals surface area contributed by atoms with Gasteiger partial charge in [0.1, 0.15) is 0 Å². The van der Waals surface area contributed by atoms with E-state index in [1.54, 1.807) is 0 Å². The summed E-state index contributed by atoms with van der Waals surface area (Å²) >= 11 is 0. The molecule has 0 heterocycles. The second-order valence-electron chi connectivity index (χ2n) is 16.2. The summed E-state index contributed by atoms with van der Waals surface area (Å²) in [6.45, 7) is 23.5. The minimum atomic E-state index is 0.204. The molecule has 2 N–H and O–H groups in total. The van der Waals surface area contributed by atoms with Crippen molar-refractivity contribution in [2.24, 2.45) is 40.9 Å². The summed E-state index contributed by atoms with van der Waals surface area (Å²) in [5.74, 6) is 3.21. The molecule has 0 aliphatic heterocycles. The van der Waals surface area contributed by atoms with Gasteiger partial charge in [-0.05, 0) is 114 Å². The molecule has 2 heteroatoms. The van der Waals surface area contributed by atoms with Crippen LogP contribution in [0.25, 0.3) is 0 Å². The second kappa shape index (κ2) is 15.6. The van der Waals surface area contributed by atoms with E-state index in [-0.39, 0.29) is 11.5 Å². The molecule has 6 unspecified atom stereocenters. The van der Waals surface area contributed by atoms with Crippen LogP contribution in [-0.2, 0) is 0 Å². The zero-order chi connectivity index (χ0) is 34.4. The van der Waals surface area contributed by atoms with Crippen molar-refractivity contribution in [3.8, 4) is 0 Å². The van der Waals surface area contributed by atoms with Crippen molar-refractivity contribution in [1.29, 1.82) is 0 Å². The molecule has 2 nitrogen and oxygen atoms in total. The fraction of sp³-hybridized carbons (Fsp3) is 0.435. The molecule has 0 radical (unpaired) electrons. The molecule has 0 saturated carbocycles. The van der Waals surface area contributed by atoms with Crippen molar-refractivity contribution in [1.82, 2.24) is 10.6 Å². The standard InChI is InChI=1S/C46H60N2/c1-31(2)43-24-23-40(30-44(43)46(7,8)9)47-41-26-33(4)27-42(29-41)48-45(28-39-25-32(3)21-22-34(39)5)35(6)36-15-10-11-16-37-17-12-13-18-38(37)20-14-19-36/h10-16,18-20,23-25,27-32,34,37,41,43-44,47-48H,6,17,21-22,26H2,1-5,7-9H3/b15-10-,16-11+,20-14-,36-19-,45-28+. The average molecular weight is 641 g/mol. The Morgan fingerprint density at radius 2 is 1.73 bits per heavy atom. The number of allylic oxidation sites excluding steroid dienone is 19. The molecule has 0 aromatic heterocycles. The summed E-state index contributed by atoms with van der Waals surface area (Å²) in [4.78, 5) is 0. The normalized spacial score (nSPS) is 32.3. The van der Waals surface area contributed by atoms with Gasteiger partial charge in [0.05, 0.1) is 6.04 Å². The highest BCUT2D eigenvalue weighted by atomic mass is 14.9. The molecule has 5 aliphatic rings. The van der Waals surface area contributed by atoms with E-state index in [4.69, 9.17) is 6.58 Å². The molecule has 0 aromatic carbocycles. The Hall–Kier alpha value is -3.78. The number of hydrogen-bond acceptors (Lipinski definition) is 2. The quantitative estimate of drug-likeness (QED) is 0.258. The molecule has 0 fully saturated rings. The van der Waals surface area contributed by atoms with Crippen LogP contribution in [-0.4, -0.2) is 6.04 Å². The maximum Gasteiger partial charge on any atom is 0.0504 e. The molecule has 0 saturated heterocycles. The molecule has 254 valence electrons. The molecular weight excluding hydrogens is 581 g/mol. The van der Waals surface area contributed by atoms with Crippen LogP contribution < -0.4 is 10.6 Å². The summed E-state index contributed by atoms with van der Waals surface area (Å²) in [5, 5.41) is 7.79. The lowest BCUT2D eigenvalue weighted by molar-refractivity contribution is 0.196. The second-order valence-corrected chi connectivity index (χ2v) is 16.2. The fourth-order valence-corrected chi connectivity index (χ4v) is 7.67. The fourth-order valence-electron chi connectivity index (χ4n) is 7.67. The van der Waals surface area contributed by atoms with Gasteiger partial charge in [-0.3, -0.25) is 0 Å². The first-order valence-electron chi connectivity index (χ1n) is 18.4. The van der Waals surface area contributed by atoms with E-state index >= 15 is 0 Å². The predicted molar refractivity (Wildman–Crippen MR) is 209 cm³/mol. The SMILES string of the molecule is C=C(C1=C\C=C/C2=CC=CCC2/C=C/C=C\1)/C(=C\C1=CC(C)CCC1C)NC1=CC(NC2=CC(C(C)(C)C)C(C(C)C)C=C2)CC(C)=C1. The Balaban J connectivity index is 1.44. The van der Waals surface area contributed by atoms with Crippen molar-refractivity contribution >= 4 is 0 Å². The Morgan fingerprint density at radius 1 is 0.917 bits per heavy atom. The third-order valence-electron chi connectivity index (χ3n) is 10.6. The highest BCUT2D eigenvalue weighted by molar-refractivity contribution is 5.55. The van der Waals surface area contributed by atoms with Crippen LogP contribution in [0.2, 0.25) is 0 Å². The van der Waals surface area contributed by atoms with Crippen LogP contribution in [0.1, 0.15) is 81.1 Å². The summed E-state index contributed by atoms with van der Waals surface area (Å²) in [6, 6.07) is 0.207. The highest BCUT2D eigenvalue weighted by Gasteiger charge is 2.33. The largest absolute Gasteiger partial charge is 0.379 e. The number of fused-ring (bicyclic) bond motifs is 1. The van der Waals surface area contributed by atoms with Gasteiger partial charge in [-0.15, -0.1) is 0 Å². The van der Waals surface area contributed by atoms with E-state index < -0.39 is 0 Å². The van der Waals surface area contributed by atoms with Gasteiger partial charge in [0.15, 0.2) is 0 Å². The van der Waals surface area contributed by atoms with Gasteiger partial charge in [-0.2, -0.15) is 0 Å². The van der Waals surface area contributed by atoms with Gasteiger partial charge in [-0.1, -0.05) is 140 Å². The van der Waals surface area contributed by atoms with Gasteiger partial charge in [-0.25, -0.2) is 0 Å². The Kier molecular flexibility index (Phi) is 11.6. The molecule has 5 aliphatic carbocycles. The molecular formula is C46H60N2. The minimum Gasteiger partial charge on any atom is -0.379 e. The first kappa shape index (κ1) is 35.5. The monoisotopic (exact) mass is 640 g/mol. The Bertz CT molecular complexity index is 1590. The van der Waals surface area contributed by atoms with Gasteiger partial charge < -0.3 is 10.6 Å². The first-order chi connectivity index (χ1) is 22.9. The molecule has 0 amide bonds. The summed E-state index contributed by atoms with van der Waals surface area (Å²) in [7, 11) is 0. The van der Waals surface area contributed by atoms with Crippen molar-refractivity contribution in [3.63, 3.8) is 0 Å². The van der Waals surface area contributed by atoms with Gasteiger partial charge in [0, 0.05) is 23.0 Å². The maximum absolute atomic E-state index is 4.70. The van der Waals surface area contributed by atoms with Crippen LogP contribution in [0.4, 0.5) is 0 Å².